The number of ether oxygens (including phenoxy) is 1. The number of carbonyl (C=O) groups is 1. The summed E-state index contributed by atoms with van der Waals surface area (Å²) in [5, 5.41) is 8.55. The molecule has 0 aliphatic heterocycles. The maximum absolute atomic E-state index is 13.5. The molecule has 0 aliphatic carbocycles. The number of esters is 1. The normalized spacial score (nSPS) is 9.35. The van der Waals surface area contributed by atoms with E-state index in [0.29, 0.717) is 18.4 Å². The molecule has 0 saturated heterocycles. The summed E-state index contributed by atoms with van der Waals surface area (Å²) in [5.41, 5.74) is 0.390. The van der Waals surface area contributed by atoms with Crippen molar-refractivity contribution in [2.45, 2.75) is 12.8 Å². The summed E-state index contributed by atoms with van der Waals surface area (Å²) >= 11 is 0. The van der Waals surface area contributed by atoms with E-state index in [-0.39, 0.29) is 12.2 Å². The van der Waals surface area contributed by atoms with Crippen molar-refractivity contribution >= 4 is 5.97 Å². The van der Waals surface area contributed by atoms with Gasteiger partial charge in [-0.25, -0.2) is 9.18 Å². The molecule has 0 heterocycles. The molecular formula is C13H13FO3. The molecule has 0 aliphatic rings. The maximum Gasteiger partial charge on any atom is 0.340 e. The summed E-state index contributed by atoms with van der Waals surface area (Å²) in [7, 11) is 1.20. The molecule has 0 radical (unpaired) electrons. The average molecular weight is 236 g/mol. The molecule has 1 aromatic carbocycles. The first kappa shape index (κ1) is 13.2. The van der Waals surface area contributed by atoms with E-state index >= 15 is 0 Å². The van der Waals surface area contributed by atoms with Gasteiger partial charge in [0, 0.05) is 18.6 Å². The lowest BCUT2D eigenvalue weighted by atomic mass is 10.1. The fourth-order valence-electron chi connectivity index (χ4n) is 1.20. The molecule has 1 rings (SSSR count). The monoisotopic (exact) mass is 236 g/mol. The molecule has 0 saturated carbocycles. The zero-order chi connectivity index (χ0) is 12.7. The summed E-state index contributed by atoms with van der Waals surface area (Å²) in [4.78, 5) is 11.1. The maximum atomic E-state index is 13.5. The summed E-state index contributed by atoms with van der Waals surface area (Å²) in [6.45, 7) is 0.0876. The predicted molar refractivity (Wildman–Crippen MR) is 60.9 cm³/mol. The number of benzene rings is 1. The number of unbranched alkanes of at least 4 members (excludes halogenated alkanes) is 1. The Labute approximate surface area is 99.2 Å². The molecule has 90 valence electrons. The standard InChI is InChI=1S/C13H13FO3/c1-17-13(16)11-7-6-10(9-12(11)14)5-3-2-4-8-15/h6-7,9,15H,2,4,8H2,1H3. The molecule has 4 heteroatoms. The van der Waals surface area contributed by atoms with Crippen LogP contribution in [0.5, 0.6) is 0 Å². The van der Waals surface area contributed by atoms with E-state index in [1.807, 2.05) is 0 Å². The number of rotatable bonds is 3. The Bertz CT molecular complexity index is 457. The predicted octanol–water partition coefficient (Wildman–Crippen LogP) is 1.74. The van der Waals surface area contributed by atoms with Gasteiger partial charge in [0.2, 0.25) is 0 Å². The fraction of sp³-hybridized carbons (Fsp3) is 0.308. The van der Waals surface area contributed by atoms with Crippen LogP contribution in [0.3, 0.4) is 0 Å². The first-order valence-electron chi connectivity index (χ1n) is 5.16. The molecular weight excluding hydrogens is 223 g/mol. The largest absolute Gasteiger partial charge is 0.465 e. The molecule has 0 aromatic heterocycles. The summed E-state index contributed by atoms with van der Waals surface area (Å²) in [5.74, 6) is 4.20. The van der Waals surface area contributed by atoms with Gasteiger partial charge in [0.1, 0.15) is 5.82 Å². The highest BCUT2D eigenvalue weighted by molar-refractivity contribution is 5.89. The third kappa shape index (κ3) is 3.89. The minimum absolute atomic E-state index is 0.0876. The highest BCUT2D eigenvalue weighted by atomic mass is 19.1. The van der Waals surface area contributed by atoms with Crippen LogP contribution in [-0.2, 0) is 4.74 Å². The molecule has 1 aromatic rings. The Hall–Kier alpha value is -1.86. The van der Waals surface area contributed by atoms with Crippen molar-refractivity contribution in [1.82, 2.24) is 0 Å². The Morgan fingerprint density at radius 3 is 2.88 bits per heavy atom. The molecule has 0 bridgehead atoms. The van der Waals surface area contributed by atoms with Crippen LogP contribution in [0, 0.1) is 17.7 Å². The number of aliphatic hydroxyl groups excluding tert-OH is 1. The topological polar surface area (TPSA) is 46.5 Å². The zero-order valence-corrected chi connectivity index (χ0v) is 9.50. The van der Waals surface area contributed by atoms with Crippen LogP contribution in [0.25, 0.3) is 0 Å². The van der Waals surface area contributed by atoms with Crippen molar-refractivity contribution in [1.29, 1.82) is 0 Å². The fourth-order valence-corrected chi connectivity index (χ4v) is 1.20. The van der Waals surface area contributed by atoms with Gasteiger partial charge in [-0.1, -0.05) is 11.8 Å². The Kier molecular flexibility index (Phi) is 5.18. The lowest BCUT2D eigenvalue weighted by molar-refractivity contribution is 0.0595. The quantitative estimate of drug-likeness (QED) is 0.494. The molecule has 17 heavy (non-hydrogen) atoms. The molecule has 0 spiro atoms. The van der Waals surface area contributed by atoms with Crippen molar-refractivity contribution in [2.75, 3.05) is 13.7 Å². The average Bonchev–Trinajstić information content (AvgIpc) is 2.34. The van der Waals surface area contributed by atoms with Gasteiger partial charge in [0.15, 0.2) is 0 Å². The smallest absolute Gasteiger partial charge is 0.340 e. The third-order valence-corrected chi connectivity index (χ3v) is 2.07. The van der Waals surface area contributed by atoms with E-state index < -0.39 is 11.8 Å². The number of hydrogen-bond donors (Lipinski definition) is 1. The van der Waals surface area contributed by atoms with E-state index in [1.165, 1.54) is 19.2 Å². The van der Waals surface area contributed by atoms with Gasteiger partial charge in [-0.05, 0) is 24.6 Å². The second-order valence-electron chi connectivity index (χ2n) is 3.32. The van der Waals surface area contributed by atoms with E-state index in [4.69, 9.17) is 5.11 Å². The summed E-state index contributed by atoms with van der Waals surface area (Å²) < 4.78 is 17.9. The Morgan fingerprint density at radius 1 is 1.53 bits per heavy atom. The van der Waals surface area contributed by atoms with Crippen LogP contribution in [0.4, 0.5) is 4.39 Å². The minimum Gasteiger partial charge on any atom is -0.465 e. The SMILES string of the molecule is COC(=O)c1ccc(C#CCCCO)cc1F. The van der Waals surface area contributed by atoms with Crippen LogP contribution in [0.2, 0.25) is 0 Å². The number of aliphatic hydroxyl groups is 1. The summed E-state index contributed by atoms with van der Waals surface area (Å²) in [6.07, 6.45) is 1.15. The summed E-state index contributed by atoms with van der Waals surface area (Å²) in [6, 6.07) is 4.09. The van der Waals surface area contributed by atoms with Gasteiger partial charge < -0.3 is 9.84 Å². The lowest BCUT2D eigenvalue weighted by Crippen LogP contribution is -2.04. The van der Waals surface area contributed by atoms with Gasteiger partial charge in [-0.2, -0.15) is 0 Å². The lowest BCUT2D eigenvalue weighted by Gasteiger charge is -2.00. The van der Waals surface area contributed by atoms with Crippen molar-refractivity contribution < 1.29 is 19.0 Å². The van der Waals surface area contributed by atoms with Crippen LogP contribution in [0.15, 0.2) is 18.2 Å². The molecule has 0 atom stereocenters. The van der Waals surface area contributed by atoms with Crippen LogP contribution in [0.1, 0.15) is 28.8 Å². The molecule has 1 N–H and O–H groups in total. The number of carbonyl (C=O) groups excluding carboxylic acids is 1. The van der Waals surface area contributed by atoms with Crippen LogP contribution >= 0.6 is 0 Å². The van der Waals surface area contributed by atoms with Gasteiger partial charge in [0.25, 0.3) is 0 Å². The van der Waals surface area contributed by atoms with E-state index in [2.05, 4.69) is 16.6 Å². The van der Waals surface area contributed by atoms with Crippen molar-refractivity contribution in [3.05, 3.63) is 35.1 Å². The van der Waals surface area contributed by atoms with E-state index in [0.717, 1.165) is 0 Å². The first-order valence-corrected chi connectivity index (χ1v) is 5.16. The molecule has 0 amide bonds. The molecule has 0 unspecified atom stereocenters. The third-order valence-electron chi connectivity index (χ3n) is 2.07. The van der Waals surface area contributed by atoms with Crippen LogP contribution < -0.4 is 0 Å². The highest BCUT2D eigenvalue weighted by Gasteiger charge is 2.11. The first-order chi connectivity index (χ1) is 8.19. The molecule has 0 fully saturated rings. The van der Waals surface area contributed by atoms with Gasteiger partial charge >= 0.3 is 5.97 Å². The number of methoxy groups -OCH3 is 1. The molecule has 3 nitrogen and oxygen atoms in total. The van der Waals surface area contributed by atoms with Crippen molar-refractivity contribution in [3.63, 3.8) is 0 Å². The number of hydrogen-bond acceptors (Lipinski definition) is 3. The van der Waals surface area contributed by atoms with Gasteiger partial charge in [-0.15, -0.1) is 0 Å². The second kappa shape index (κ2) is 6.66. The van der Waals surface area contributed by atoms with Crippen LogP contribution in [-0.4, -0.2) is 24.8 Å². The Balaban J connectivity index is 2.81. The number of halogens is 1. The minimum atomic E-state index is -0.706. The second-order valence-corrected chi connectivity index (χ2v) is 3.32. The highest BCUT2D eigenvalue weighted by Crippen LogP contribution is 2.10. The van der Waals surface area contributed by atoms with Gasteiger partial charge in [0.05, 0.1) is 12.7 Å². The van der Waals surface area contributed by atoms with Gasteiger partial charge in [-0.3, -0.25) is 0 Å². The van der Waals surface area contributed by atoms with Crippen molar-refractivity contribution in [2.24, 2.45) is 0 Å². The van der Waals surface area contributed by atoms with Crippen molar-refractivity contribution in [3.8, 4) is 11.8 Å². The zero-order valence-electron chi connectivity index (χ0n) is 9.50. The Morgan fingerprint density at radius 2 is 2.29 bits per heavy atom. The van der Waals surface area contributed by atoms with E-state index in [1.54, 1.807) is 6.07 Å². The van der Waals surface area contributed by atoms with E-state index in [9.17, 15) is 9.18 Å².